The van der Waals surface area contributed by atoms with Gasteiger partial charge < -0.3 is 14.2 Å². The van der Waals surface area contributed by atoms with E-state index in [9.17, 15) is 0 Å². The van der Waals surface area contributed by atoms with Crippen LogP contribution in [0.1, 0.15) is 6.92 Å². The molecule has 0 aromatic heterocycles. The Labute approximate surface area is 88.7 Å². The van der Waals surface area contributed by atoms with Crippen molar-refractivity contribution in [2.45, 2.75) is 38.9 Å². The molecule has 0 fully saturated rings. The molecule has 0 aromatic rings. The summed E-state index contributed by atoms with van der Waals surface area (Å²) in [6, 6.07) is 1.19. The second-order valence-electron chi connectivity index (χ2n) is 4.61. The standard InChI is InChI=1S/C10H24O3Si/c1-10(12-7-6-11-2)13-8-9-14(3,4)5/h10H,6-9H2,1-5H3. The van der Waals surface area contributed by atoms with E-state index in [1.807, 2.05) is 6.92 Å². The monoisotopic (exact) mass is 220 g/mol. The Kier molecular flexibility index (Phi) is 7.45. The molecule has 0 amide bonds. The summed E-state index contributed by atoms with van der Waals surface area (Å²) >= 11 is 0. The van der Waals surface area contributed by atoms with E-state index in [0.717, 1.165) is 6.61 Å². The molecule has 0 aliphatic carbocycles. The molecule has 4 heteroatoms. The zero-order chi connectivity index (χ0) is 11.0. The van der Waals surface area contributed by atoms with Crippen molar-refractivity contribution in [1.82, 2.24) is 0 Å². The molecule has 0 rings (SSSR count). The molecule has 0 aromatic carbocycles. The molecule has 0 spiro atoms. The first kappa shape index (κ1) is 14.1. The lowest BCUT2D eigenvalue weighted by Gasteiger charge is -2.18. The van der Waals surface area contributed by atoms with Gasteiger partial charge in [-0.1, -0.05) is 19.6 Å². The van der Waals surface area contributed by atoms with E-state index in [-0.39, 0.29) is 6.29 Å². The van der Waals surface area contributed by atoms with Crippen molar-refractivity contribution in [3.63, 3.8) is 0 Å². The van der Waals surface area contributed by atoms with Crippen LogP contribution < -0.4 is 0 Å². The van der Waals surface area contributed by atoms with Gasteiger partial charge in [0.25, 0.3) is 0 Å². The number of ether oxygens (including phenoxy) is 3. The molecule has 0 N–H and O–H groups in total. The van der Waals surface area contributed by atoms with Crippen LogP contribution in [-0.4, -0.2) is 41.3 Å². The van der Waals surface area contributed by atoms with E-state index in [1.54, 1.807) is 7.11 Å². The minimum absolute atomic E-state index is 0.110. The van der Waals surface area contributed by atoms with Crippen molar-refractivity contribution in [1.29, 1.82) is 0 Å². The third-order valence-electron chi connectivity index (χ3n) is 1.84. The van der Waals surface area contributed by atoms with Crippen LogP contribution in [0.4, 0.5) is 0 Å². The van der Waals surface area contributed by atoms with Crippen LogP contribution in [-0.2, 0) is 14.2 Å². The summed E-state index contributed by atoms with van der Waals surface area (Å²) in [6.45, 7) is 11.0. The number of methoxy groups -OCH3 is 1. The maximum Gasteiger partial charge on any atom is 0.154 e. The van der Waals surface area contributed by atoms with E-state index in [4.69, 9.17) is 14.2 Å². The zero-order valence-electron chi connectivity index (χ0n) is 10.1. The highest BCUT2D eigenvalue weighted by molar-refractivity contribution is 6.76. The number of rotatable bonds is 8. The Morgan fingerprint density at radius 1 is 1.00 bits per heavy atom. The van der Waals surface area contributed by atoms with Crippen LogP contribution in [0.25, 0.3) is 0 Å². The van der Waals surface area contributed by atoms with Crippen LogP contribution in [0.2, 0.25) is 25.7 Å². The molecule has 14 heavy (non-hydrogen) atoms. The van der Waals surface area contributed by atoms with Crippen molar-refractivity contribution in [2.75, 3.05) is 26.9 Å². The van der Waals surface area contributed by atoms with Gasteiger partial charge in [-0.25, -0.2) is 0 Å². The molecular weight excluding hydrogens is 196 g/mol. The first-order valence-electron chi connectivity index (χ1n) is 5.18. The van der Waals surface area contributed by atoms with Crippen LogP contribution in [0, 0.1) is 0 Å². The second-order valence-corrected chi connectivity index (χ2v) is 10.2. The van der Waals surface area contributed by atoms with Gasteiger partial charge in [0.1, 0.15) is 0 Å². The fraction of sp³-hybridized carbons (Fsp3) is 1.00. The molecule has 86 valence electrons. The molecule has 0 bridgehead atoms. The van der Waals surface area contributed by atoms with Crippen molar-refractivity contribution in [3.8, 4) is 0 Å². The Hall–Kier alpha value is 0.0969. The van der Waals surface area contributed by atoms with Gasteiger partial charge in [-0.15, -0.1) is 0 Å². The molecule has 0 heterocycles. The van der Waals surface area contributed by atoms with Crippen molar-refractivity contribution in [2.24, 2.45) is 0 Å². The Morgan fingerprint density at radius 3 is 2.07 bits per heavy atom. The van der Waals surface area contributed by atoms with Gasteiger partial charge in [0.15, 0.2) is 6.29 Å². The maximum atomic E-state index is 5.52. The largest absolute Gasteiger partial charge is 0.382 e. The summed E-state index contributed by atoms with van der Waals surface area (Å²) in [6.07, 6.45) is -0.110. The topological polar surface area (TPSA) is 27.7 Å². The Bertz CT molecular complexity index is 134. The quantitative estimate of drug-likeness (QED) is 0.357. The van der Waals surface area contributed by atoms with Gasteiger partial charge in [-0.05, 0) is 13.0 Å². The third-order valence-corrected chi connectivity index (χ3v) is 3.55. The summed E-state index contributed by atoms with van der Waals surface area (Å²) in [5.41, 5.74) is 0. The second kappa shape index (κ2) is 7.40. The molecule has 1 unspecified atom stereocenters. The van der Waals surface area contributed by atoms with E-state index in [1.165, 1.54) is 6.04 Å². The lowest BCUT2D eigenvalue weighted by atomic mass is 10.7. The van der Waals surface area contributed by atoms with Gasteiger partial charge in [0.05, 0.1) is 13.2 Å². The third kappa shape index (κ3) is 10.2. The van der Waals surface area contributed by atoms with E-state index in [2.05, 4.69) is 19.6 Å². The summed E-state index contributed by atoms with van der Waals surface area (Å²) in [4.78, 5) is 0. The summed E-state index contributed by atoms with van der Waals surface area (Å²) in [7, 11) is 0.699. The lowest BCUT2D eigenvalue weighted by Crippen LogP contribution is -2.24. The minimum atomic E-state index is -0.967. The molecule has 0 aliphatic rings. The lowest BCUT2D eigenvalue weighted by molar-refractivity contribution is -0.134. The fourth-order valence-corrected chi connectivity index (χ4v) is 1.61. The van der Waals surface area contributed by atoms with Gasteiger partial charge in [-0.2, -0.15) is 0 Å². The average molecular weight is 220 g/mol. The Morgan fingerprint density at radius 2 is 1.57 bits per heavy atom. The zero-order valence-corrected chi connectivity index (χ0v) is 11.1. The number of hydrogen-bond acceptors (Lipinski definition) is 3. The minimum Gasteiger partial charge on any atom is -0.382 e. The van der Waals surface area contributed by atoms with Crippen LogP contribution in [0.15, 0.2) is 0 Å². The van der Waals surface area contributed by atoms with Crippen LogP contribution in [0.3, 0.4) is 0 Å². The van der Waals surface area contributed by atoms with E-state index >= 15 is 0 Å². The molecule has 0 aliphatic heterocycles. The maximum absolute atomic E-state index is 5.52. The van der Waals surface area contributed by atoms with Crippen LogP contribution >= 0.6 is 0 Å². The highest BCUT2D eigenvalue weighted by atomic mass is 28.3. The molecule has 1 atom stereocenters. The van der Waals surface area contributed by atoms with Crippen molar-refractivity contribution < 1.29 is 14.2 Å². The average Bonchev–Trinajstić information content (AvgIpc) is 2.02. The highest BCUT2D eigenvalue weighted by Gasteiger charge is 2.13. The predicted octanol–water partition coefficient (Wildman–Crippen LogP) is 2.35. The van der Waals surface area contributed by atoms with Gasteiger partial charge in [-0.3, -0.25) is 0 Å². The first-order valence-corrected chi connectivity index (χ1v) is 8.88. The van der Waals surface area contributed by atoms with Gasteiger partial charge in [0, 0.05) is 21.8 Å². The molecular formula is C10H24O3Si. The normalized spacial score (nSPS) is 14.4. The SMILES string of the molecule is COCCOC(C)OCC[Si](C)(C)C. The summed E-state index contributed by atoms with van der Waals surface area (Å²) in [5, 5.41) is 0. The van der Waals surface area contributed by atoms with Crippen molar-refractivity contribution in [3.05, 3.63) is 0 Å². The molecule has 0 radical (unpaired) electrons. The summed E-state index contributed by atoms with van der Waals surface area (Å²) in [5.74, 6) is 0. The molecule has 0 saturated heterocycles. The fourth-order valence-electron chi connectivity index (χ4n) is 0.877. The van der Waals surface area contributed by atoms with E-state index < -0.39 is 8.07 Å². The Balaban J connectivity index is 3.31. The summed E-state index contributed by atoms with van der Waals surface area (Å²) < 4.78 is 15.8. The van der Waals surface area contributed by atoms with E-state index in [0.29, 0.717) is 13.2 Å². The molecule has 0 saturated carbocycles. The predicted molar refractivity (Wildman–Crippen MR) is 61.4 cm³/mol. The molecule has 3 nitrogen and oxygen atoms in total. The van der Waals surface area contributed by atoms with Crippen molar-refractivity contribution >= 4 is 8.07 Å². The first-order chi connectivity index (χ1) is 6.45. The number of hydrogen-bond donors (Lipinski definition) is 0. The van der Waals surface area contributed by atoms with Gasteiger partial charge >= 0.3 is 0 Å². The smallest absolute Gasteiger partial charge is 0.154 e. The highest BCUT2D eigenvalue weighted by Crippen LogP contribution is 2.08. The van der Waals surface area contributed by atoms with Gasteiger partial charge in [0.2, 0.25) is 0 Å². The van der Waals surface area contributed by atoms with Crippen LogP contribution in [0.5, 0.6) is 0 Å².